The smallest absolute Gasteiger partial charge is 0.415 e. The lowest BCUT2D eigenvalue weighted by Crippen LogP contribution is -2.50. The molecule has 6 heteroatoms. The molecule has 1 N–H and O–H groups in total. The molecular formula is C27H31N3O3. The molecule has 3 aromatic rings. The number of aromatic nitrogens is 1. The number of anilines is 1. The second-order valence-electron chi connectivity index (χ2n) is 9.79. The molecule has 6 nitrogen and oxygen atoms in total. The first-order chi connectivity index (χ1) is 15.9. The Morgan fingerprint density at radius 2 is 1.94 bits per heavy atom. The molecule has 2 aliphatic rings. The number of nitrogens with one attached hydrogen (secondary N) is 1. The van der Waals surface area contributed by atoms with Crippen molar-refractivity contribution in [2.24, 2.45) is 0 Å². The van der Waals surface area contributed by atoms with Crippen molar-refractivity contribution in [1.82, 2.24) is 9.88 Å². The van der Waals surface area contributed by atoms with E-state index < -0.39 is 5.60 Å². The number of para-hydroxylation sites is 3. The van der Waals surface area contributed by atoms with Gasteiger partial charge in [0.25, 0.3) is 0 Å². The third-order valence-electron chi connectivity index (χ3n) is 6.14. The largest absolute Gasteiger partial charge is 0.485 e. The predicted molar refractivity (Wildman–Crippen MR) is 132 cm³/mol. The van der Waals surface area contributed by atoms with E-state index in [2.05, 4.69) is 46.4 Å². The van der Waals surface area contributed by atoms with Gasteiger partial charge in [0.15, 0.2) is 0 Å². The number of rotatable bonds is 3. The van der Waals surface area contributed by atoms with E-state index in [0.29, 0.717) is 6.54 Å². The summed E-state index contributed by atoms with van der Waals surface area (Å²) in [4.78, 5) is 20.4. The van der Waals surface area contributed by atoms with Gasteiger partial charge >= 0.3 is 6.09 Å². The zero-order valence-corrected chi connectivity index (χ0v) is 19.5. The SMILES string of the molecule is CC(C)(C)OC(=O)N1CC(CN2CC=C(c3c[nH]c4ccccc34)CC2)Oc2ccccc21. The van der Waals surface area contributed by atoms with Crippen molar-refractivity contribution in [3.8, 4) is 5.75 Å². The highest BCUT2D eigenvalue weighted by Gasteiger charge is 2.33. The van der Waals surface area contributed by atoms with Gasteiger partial charge in [-0.25, -0.2) is 4.79 Å². The molecule has 0 saturated heterocycles. The number of ether oxygens (including phenoxy) is 2. The lowest BCUT2D eigenvalue weighted by molar-refractivity contribution is 0.0533. The van der Waals surface area contributed by atoms with E-state index in [4.69, 9.17) is 9.47 Å². The normalized spacial score (nSPS) is 19.1. The molecule has 0 fully saturated rings. The average Bonchev–Trinajstić information content (AvgIpc) is 3.22. The lowest BCUT2D eigenvalue weighted by atomic mass is 9.98. The summed E-state index contributed by atoms with van der Waals surface area (Å²) in [7, 11) is 0. The van der Waals surface area contributed by atoms with Gasteiger partial charge in [-0.15, -0.1) is 0 Å². The van der Waals surface area contributed by atoms with Crippen LogP contribution in [0.15, 0.2) is 60.8 Å². The molecule has 2 aromatic carbocycles. The Morgan fingerprint density at radius 3 is 2.73 bits per heavy atom. The Labute approximate surface area is 194 Å². The van der Waals surface area contributed by atoms with E-state index >= 15 is 0 Å². The Hall–Kier alpha value is -3.25. The van der Waals surface area contributed by atoms with Crippen molar-refractivity contribution in [2.45, 2.75) is 38.9 Å². The first-order valence-electron chi connectivity index (χ1n) is 11.6. The van der Waals surface area contributed by atoms with Crippen LogP contribution in [0.5, 0.6) is 5.75 Å². The van der Waals surface area contributed by atoms with Crippen molar-refractivity contribution in [3.05, 3.63) is 66.4 Å². The summed E-state index contributed by atoms with van der Waals surface area (Å²) in [6.45, 7) is 8.72. The topological polar surface area (TPSA) is 57.8 Å². The van der Waals surface area contributed by atoms with Crippen LogP contribution in [0.4, 0.5) is 10.5 Å². The number of benzene rings is 2. The zero-order chi connectivity index (χ0) is 23.0. The molecule has 1 atom stereocenters. The third-order valence-corrected chi connectivity index (χ3v) is 6.14. The van der Waals surface area contributed by atoms with Crippen LogP contribution in [0.1, 0.15) is 32.8 Å². The van der Waals surface area contributed by atoms with Gasteiger partial charge in [-0.2, -0.15) is 0 Å². The second kappa shape index (κ2) is 8.60. The summed E-state index contributed by atoms with van der Waals surface area (Å²) < 4.78 is 12.0. The van der Waals surface area contributed by atoms with Gasteiger partial charge in [0.1, 0.15) is 17.5 Å². The number of carbonyl (C=O) groups excluding carboxylic acids is 1. The van der Waals surface area contributed by atoms with Gasteiger partial charge in [0, 0.05) is 42.3 Å². The van der Waals surface area contributed by atoms with Crippen molar-refractivity contribution in [2.75, 3.05) is 31.1 Å². The maximum Gasteiger partial charge on any atom is 0.415 e. The minimum absolute atomic E-state index is 0.115. The van der Waals surface area contributed by atoms with Crippen molar-refractivity contribution < 1.29 is 14.3 Å². The van der Waals surface area contributed by atoms with E-state index in [1.54, 1.807) is 4.90 Å². The maximum atomic E-state index is 12.9. The molecule has 1 amide bonds. The Balaban J connectivity index is 1.28. The highest BCUT2D eigenvalue weighted by atomic mass is 16.6. The van der Waals surface area contributed by atoms with Gasteiger partial charge in [-0.3, -0.25) is 9.80 Å². The molecule has 1 aromatic heterocycles. The number of hydrogen-bond donors (Lipinski definition) is 1. The van der Waals surface area contributed by atoms with Crippen LogP contribution in [0, 0.1) is 0 Å². The zero-order valence-electron chi connectivity index (χ0n) is 19.5. The third kappa shape index (κ3) is 4.62. The van der Waals surface area contributed by atoms with Crippen molar-refractivity contribution in [3.63, 3.8) is 0 Å². The summed E-state index contributed by atoms with van der Waals surface area (Å²) >= 11 is 0. The molecular weight excluding hydrogens is 414 g/mol. The molecule has 0 radical (unpaired) electrons. The highest BCUT2D eigenvalue weighted by molar-refractivity contribution is 5.93. The lowest BCUT2D eigenvalue weighted by Gasteiger charge is -2.38. The number of nitrogens with zero attached hydrogens (tertiary/aromatic N) is 2. The van der Waals surface area contributed by atoms with Crippen molar-refractivity contribution >= 4 is 28.3 Å². The summed E-state index contributed by atoms with van der Waals surface area (Å²) in [6, 6.07) is 16.1. The van der Waals surface area contributed by atoms with E-state index in [9.17, 15) is 4.79 Å². The monoisotopic (exact) mass is 445 g/mol. The standard InChI is InChI=1S/C27H31N3O3/c1-27(2,3)33-26(31)30-18-20(32-25-11-7-6-10-24(25)30)17-29-14-12-19(13-15-29)22-16-28-23-9-5-4-8-21(22)23/h4-12,16,20,28H,13-15,17-18H2,1-3H3. The highest BCUT2D eigenvalue weighted by Crippen LogP contribution is 2.35. The summed E-state index contributed by atoms with van der Waals surface area (Å²) in [5.41, 5.74) is 4.07. The van der Waals surface area contributed by atoms with Gasteiger partial charge in [-0.05, 0) is 51.0 Å². The summed E-state index contributed by atoms with van der Waals surface area (Å²) in [5.74, 6) is 0.728. The van der Waals surface area contributed by atoms with Gasteiger partial charge < -0.3 is 14.5 Å². The molecule has 0 spiro atoms. The minimum Gasteiger partial charge on any atom is -0.485 e. The molecule has 0 aliphatic carbocycles. The summed E-state index contributed by atoms with van der Waals surface area (Å²) in [5, 5.41) is 1.28. The molecule has 172 valence electrons. The number of H-pyrrole nitrogens is 1. The predicted octanol–water partition coefficient (Wildman–Crippen LogP) is 5.46. The van der Waals surface area contributed by atoms with Gasteiger partial charge in [0.2, 0.25) is 0 Å². The Morgan fingerprint density at radius 1 is 1.15 bits per heavy atom. The molecule has 2 aliphatic heterocycles. The van der Waals surface area contributed by atoms with Crippen molar-refractivity contribution in [1.29, 1.82) is 0 Å². The Kier molecular flexibility index (Phi) is 5.62. The van der Waals surface area contributed by atoms with Crippen LogP contribution in [0.2, 0.25) is 0 Å². The fourth-order valence-electron chi connectivity index (χ4n) is 4.63. The molecule has 33 heavy (non-hydrogen) atoms. The van der Waals surface area contributed by atoms with Crippen LogP contribution >= 0.6 is 0 Å². The second-order valence-corrected chi connectivity index (χ2v) is 9.79. The first-order valence-corrected chi connectivity index (χ1v) is 11.6. The van der Waals surface area contributed by atoms with Gasteiger partial charge in [-0.1, -0.05) is 36.4 Å². The number of amides is 1. The maximum absolute atomic E-state index is 12.9. The average molecular weight is 446 g/mol. The molecule has 1 unspecified atom stereocenters. The quantitative estimate of drug-likeness (QED) is 0.582. The molecule has 0 saturated carbocycles. The van der Waals surface area contributed by atoms with Crippen LogP contribution in [0.25, 0.3) is 16.5 Å². The van der Waals surface area contributed by atoms with E-state index in [0.717, 1.165) is 37.5 Å². The van der Waals surface area contributed by atoms with Crippen LogP contribution in [0.3, 0.4) is 0 Å². The fourth-order valence-corrected chi connectivity index (χ4v) is 4.63. The molecule has 5 rings (SSSR count). The van der Waals surface area contributed by atoms with Crippen LogP contribution in [-0.2, 0) is 4.74 Å². The van der Waals surface area contributed by atoms with E-state index in [-0.39, 0.29) is 12.2 Å². The first kappa shape index (κ1) is 21.6. The van der Waals surface area contributed by atoms with E-state index in [1.807, 2.05) is 45.0 Å². The fraction of sp³-hybridized carbons (Fsp3) is 0.370. The number of aromatic amines is 1. The molecule has 0 bridgehead atoms. The van der Waals surface area contributed by atoms with E-state index in [1.165, 1.54) is 22.0 Å². The molecule has 3 heterocycles. The van der Waals surface area contributed by atoms with Crippen LogP contribution < -0.4 is 9.64 Å². The number of hydrogen-bond acceptors (Lipinski definition) is 4. The number of carbonyl (C=O) groups is 1. The Bertz CT molecular complexity index is 1190. The van der Waals surface area contributed by atoms with Gasteiger partial charge in [0.05, 0.1) is 12.2 Å². The minimum atomic E-state index is -0.545. The van der Waals surface area contributed by atoms with Crippen LogP contribution in [-0.4, -0.2) is 53.9 Å². The number of fused-ring (bicyclic) bond motifs is 2. The summed E-state index contributed by atoms with van der Waals surface area (Å²) in [6.07, 6.45) is 4.98.